The molecule has 0 radical (unpaired) electrons. The van der Waals surface area contributed by atoms with E-state index in [1.165, 1.54) is 29.0 Å². The fraction of sp³-hybridized carbons (Fsp3) is 0.588. The van der Waals surface area contributed by atoms with Crippen LogP contribution in [0.4, 0.5) is 0 Å². The largest absolute Gasteiger partial charge is 0.319 e. The zero-order valence-electron chi connectivity index (χ0n) is 12.9. The van der Waals surface area contributed by atoms with Crippen molar-refractivity contribution in [2.75, 3.05) is 0 Å². The highest BCUT2D eigenvalue weighted by atomic mass is 32.1. The van der Waals surface area contributed by atoms with Crippen molar-refractivity contribution in [3.8, 4) is 10.6 Å². The first-order chi connectivity index (χ1) is 10.1. The van der Waals surface area contributed by atoms with Gasteiger partial charge in [0.2, 0.25) is 0 Å². The molecule has 1 saturated carbocycles. The van der Waals surface area contributed by atoms with Gasteiger partial charge in [0.1, 0.15) is 5.01 Å². The molecule has 1 aliphatic rings. The number of aromatic nitrogens is 1. The Balaban J connectivity index is 1.78. The summed E-state index contributed by atoms with van der Waals surface area (Å²) in [5.41, 5.74) is 7.60. The molecule has 0 amide bonds. The Morgan fingerprint density at radius 3 is 2.67 bits per heavy atom. The van der Waals surface area contributed by atoms with E-state index in [4.69, 9.17) is 10.7 Å². The highest BCUT2D eigenvalue weighted by molar-refractivity contribution is 7.16. The normalized spacial score (nSPS) is 26.1. The topological polar surface area (TPSA) is 38.9 Å². The minimum Gasteiger partial charge on any atom is -0.319 e. The molecule has 0 aliphatic heterocycles. The second-order valence-electron chi connectivity index (χ2n) is 6.17. The van der Waals surface area contributed by atoms with Crippen LogP contribution >= 0.6 is 22.7 Å². The van der Waals surface area contributed by atoms with E-state index in [1.54, 1.807) is 11.3 Å². The van der Waals surface area contributed by atoms with E-state index in [-0.39, 0.29) is 5.54 Å². The third-order valence-electron chi connectivity index (χ3n) is 4.77. The summed E-state index contributed by atoms with van der Waals surface area (Å²) in [6.45, 7) is 4.49. The van der Waals surface area contributed by atoms with E-state index in [0.717, 1.165) is 35.9 Å². The molecule has 0 bridgehead atoms. The fourth-order valence-electron chi connectivity index (χ4n) is 3.14. The van der Waals surface area contributed by atoms with Crippen molar-refractivity contribution in [3.05, 3.63) is 27.4 Å². The molecule has 2 aromatic rings. The Morgan fingerprint density at radius 1 is 1.29 bits per heavy atom. The second-order valence-corrected chi connectivity index (χ2v) is 8.19. The average molecular weight is 321 g/mol. The molecule has 2 aromatic heterocycles. The molecule has 2 N–H and O–H groups in total. The van der Waals surface area contributed by atoms with Crippen molar-refractivity contribution in [2.45, 2.75) is 57.9 Å². The van der Waals surface area contributed by atoms with E-state index in [9.17, 15) is 0 Å². The first-order valence-corrected chi connectivity index (χ1v) is 9.68. The van der Waals surface area contributed by atoms with Crippen LogP contribution in [0.5, 0.6) is 0 Å². The van der Waals surface area contributed by atoms with Gasteiger partial charge in [0.25, 0.3) is 0 Å². The Morgan fingerprint density at radius 2 is 2.05 bits per heavy atom. The van der Waals surface area contributed by atoms with Gasteiger partial charge in [0.15, 0.2) is 0 Å². The van der Waals surface area contributed by atoms with Gasteiger partial charge in [-0.05, 0) is 50.2 Å². The van der Waals surface area contributed by atoms with Crippen molar-refractivity contribution < 1.29 is 0 Å². The molecule has 3 rings (SSSR count). The third-order valence-corrected chi connectivity index (χ3v) is 7.08. The SMILES string of the molecule is CCc1ccc(-c2csc(C3(N)CCC(CC)CC3)n2)s1. The molecule has 114 valence electrons. The lowest BCUT2D eigenvalue weighted by Gasteiger charge is -2.35. The fourth-order valence-corrected chi connectivity index (χ4v) is 5.11. The summed E-state index contributed by atoms with van der Waals surface area (Å²) in [5, 5.41) is 3.32. The van der Waals surface area contributed by atoms with Gasteiger partial charge in [-0.3, -0.25) is 0 Å². The summed E-state index contributed by atoms with van der Waals surface area (Å²) in [5.74, 6) is 0.866. The van der Waals surface area contributed by atoms with Crippen LogP contribution in [0, 0.1) is 5.92 Å². The van der Waals surface area contributed by atoms with Crippen LogP contribution in [0.1, 0.15) is 55.8 Å². The number of thiazole rings is 1. The lowest BCUT2D eigenvalue weighted by molar-refractivity contribution is 0.231. The molecule has 4 heteroatoms. The van der Waals surface area contributed by atoms with Gasteiger partial charge in [-0.15, -0.1) is 22.7 Å². The molecule has 1 aliphatic carbocycles. The summed E-state index contributed by atoms with van der Waals surface area (Å²) in [6, 6.07) is 4.41. The first kappa shape index (κ1) is 15.2. The number of aryl methyl sites for hydroxylation is 1. The molecule has 1 fully saturated rings. The maximum Gasteiger partial charge on any atom is 0.113 e. The Bertz CT molecular complexity index is 591. The molecule has 0 saturated heterocycles. The highest BCUT2D eigenvalue weighted by Gasteiger charge is 2.35. The van der Waals surface area contributed by atoms with E-state index in [0.29, 0.717) is 0 Å². The maximum absolute atomic E-state index is 6.67. The Kier molecular flexibility index (Phi) is 4.48. The van der Waals surface area contributed by atoms with Crippen LogP contribution in [0.2, 0.25) is 0 Å². The first-order valence-electron chi connectivity index (χ1n) is 7.98. The van der Waals surface area contributed by atoms with Crippen LogP contribution < -0.4 is 5.73 Å². The second kappa shape index (κ2) is 6.19. The minimum atomic E-state index is -0.181. The minimum absolute atomic E-state index is 0.181. The molecule has 0 aromatic carbocycles. The van der Waals surface area contributed by atoms with Crippen molar-refractivity contribution in [1.82, 2.24) is 4.98 Å². The smallest absolute Gasteiger partial charge is 0.113 e. The van der Waals surface area contributed by atoms with Crippen LogP contribution in [-0.4, -0.2) is 4.98 Å². The molecule has 0 unspecified atom stereocenters. The van der Waals surface area contributed by atoms with Crippen LogP contribution in [0.25, 0.3) is 10.6 Å². The molecule has 0 spiro atoms. The van der Waals surface area contributed by atoms with Crippen molar-refractivity contribution in [2.24, 2.45) is 11.7 Å². The maximum atomic E-state index is 6.67. The van der Waals surface area contributed by atoms with Crippen LogP contribution in [0.15, 0.2) is 17.5 Å². The predicted molar refractivity (Wildman–Crippen MR) is 92.9 cm³/mol. The van der Waals surface area contributed by atoms with Gasteiger partial charge in [-0.25, -0.2) is 4.98 Å². The average Bonchev–Trinajstić information content (AvgIpc) is 3.17. The lowest BCUT2D eigenvalue weighted by atomic mass is 9.76. The van der Waals surface area contributed by atoms with Gasteiger partial charge in [-0.2, -0.15) is 0 Å². The summed E-state index contributed by atoms with van der Waals surface area (Å²) in [6.07, 6.45) is 7.06. The molecular weight excluding hydrogens is 296 g/mol. The van der Waals surface area contributed by atoms with Gasteiger partial charge >= 0.3 is 0 Å². The van der Waals surface area contributed by atoms with Crippen molar-refractivity contribution >= 4 is 22.7 Å². The van der Waals surface area contributed by atoms with Gasteiger partial charge < -0.3 is 5.73 Å². The number of hydrogen-bond donors (Lipinski definition) is 1. The zero-order chi connectivity index (χ0) is 14.9. The van der Waals surface area contributed by atoms with E-state index >= 15 is 0 Å². The lowest BCUT2D eigenvalue weighted by Crippen LogP contribution is -2.40. The van der Waals surface area contributed by atoms with Gasteiger partial charge in [0, 0.05) is 10.3 Å². The number of thiophene rings is 1. The van der Waals surface area contributed by atoms with Crippen molar-refractivity contribution in [3.63, 3.8) is 0 Å². The molecule has 2 heterocycles. The number of nitrogens with two attached hydrogens (primary N) is 1. The molecule has 2 nitrogen and oxygen atoms in total. The standard InChI is InChI=1S/C17H24N2S2/c1-3-12-7-9-17(18,10-8-12)16-19-14(11-20-16)15-6-5-13(4-2)21-15/h5-6,11-12H,3-4,7-10,18H2,1-2H3. The molecular formula is C17H24N2S2. The molecule has 0 atom stereocenters. The van der Waals surface area contributed by atoms with E-state index in [2.05, 4.69) is 31.4 Å². The molecule has 21 heavy (non-hydrogen) atoms. The summed E-state index contributed by atoms with van der Waals surface area (Å²) in [7, 11) is 0. The third kappa shape index (κ3) is 3.08. The zero-order valence-corrected chi connectivity index (χ0v) is 14.5. The number of hydrogen-bond acceptors (Lipinski definition) is 4. The van der Waals surface area contributed by atoms with Gasteiger partial charge in [0.05, 0.1) is 16.1 Å². The van der Waals surface area contributed by atoms with Crippen LogP contribution in [-0.2, 0) is 12.0 Å². The summed E-state index contributed by atoms with van der Waals surface area (Å²) < 4.78 is 0. The number of rotatable bonds is 4. The Hall–Kier alpha value is -0.710. The Labute approximate surface area is 135 Å². The van der Waals surface area contributed by atoms with Crippen molar-refractivity contribution in [1.29, 1.82) is 0 Å². The van der Waals surface area contributed by atoms with E-state index in [1.807, 2.05) is 11.3 Å². The highest BCUT2D eigenvalue weighted by Crippen LogP contribution is 2.41. The summed E-state index contributed by atoms with van der Waals surface area (Å²) >= 11 is 3.60. The monoisotopic (exact) mass is 320 g/mol. The van der Waals surface area contributed by atoms with E-state index < -0.39 is 0 Å². The number of nitrogens with zero attached hydrogens (tertiary/aromatic N) is 1. The quantitative estimate of drug-likeness (QED) is 0.842. The van der Waals surface area contributed by atoms with Gasteiger partial charge in [-0.1, -0.05) is 20.3 Å². The predicted octanol–water partition coefficient (Wildman–Crippen LogP) is 5.19. The summed E-state index contributed by atoms with van der Waals surface area (Å²) in [4.78, 5) is 7.58. The van der Waals surface area contributed by atoms with Crippen LogP contribution in [0.3, 0.4) is 0 Å².